The van der Waals surface area contributed by atoms with Gasteiger partial charge in [-0.15, -0.1) is 0 Å². The van der Waals surface area contributed by atoms with Crippen LogP contribution in [0.25, 0.3) is 0 Å². The minimum absolute atomic E-state index is 0.0762. The van der Waals surface area contributed by atoms with Gasteiger partial charge in [-0.2, -0.15) is 0 Å². The van der Waals surface area contributed by atoms with Gasteiger partial charge in [0.1, 0.15) is 5.75 Å². The van der Waals surface area contributed by atoms with E-state index in [-0.39, 0.29) is 17.6 Å². The van der Waals surface area contributed by atoms with E-state index in [1.807, 2.05) is 31.2 Å². The van der Waals surface area contributed by atoms with Crippen LogP contribution >= 0.6 is 0 Å². The van der Waals surface area contributed by atoms with Crippen LogP contribution in [0.4, 0.5) is 0 Å². The van der Waals surface area contributed by atoms with Gasteiger partial charge in [0.25, 0.3) is 5.91 Å². The molecule has 2 aromatic rings. The lowest BCUT2D eigenvalue weighted by molar-refractivity contribution is -0.120. The Hall–Kier alpha value is -2.82. The molecule has 0 radical (unpaired) electrons. The number of phenolic OH excluding ortho intramolecular Hbond substituents is 1. The minimum atomic E-state index is -0.238. The molecule has 5 heteroatoms. The molecule has 0 heterocycles. The predicted molar refractivity (Wildman–Crippen MR) is 88.3 cm³/mol. The Balaban J connectivity index is 1.68. The monoisotopic (exact) mass is 312 g/mol. The summed E-state index contributed by atoms with van der Waals surface area (Å²) in [4.78, 5) is 23.6. The molecule has 2 aromatic carbocycles. The molecule has 0 unspecified atom stereocenters. The van der Waals surface area contributed by atoms with Gasteiger partial charge in [0.05, 0.1) is 6.42 Å². The molecule has 0 spiro atoms. The number of benzene rings is 2. The Labute approximate surface area is 135 Å². The zero-order chi connectivity index (χ0) is 16.7. The van der Waals surface area contributed by atoms with Crippen molar-refractivity contribution in [2.45, 2.75) is 13.3 Å². The SMILES string of the molecule is Cc1ccc(CC(=O)NCCNC(=O)c2ccc(O)cc2)cc1. The van der Waals surface area contributed by atoms with E-state index in [9.17, 15) is 14.7 Å². The highest BCUT2D eigenvalue weighted by Gasteiger charge is 2.06. The smallest absolute Gasteiger partial charge is 0.251 e. The van der Waals surface area contributed by atoms with Crippen LogP contribution in [0.3, 0.4) is 0 Å². The van der Waals surface area contributed by atoms with Crippen LogP contribution in [0.1, 0.15) is 21.5 Å². The number of hydrogen-bond acceptors (Lipinski definition) is 3. The van der Waals surface area contributed by atoms with Crippen molar-refractivity contribution in [3.05, 3.63) is 65.2 Å². The molecule has 3 N–H and O–H groups in total. The van der Waals surface area contributed by atoms with Crippen molar-refractivity contribution in [3.8, 4) is 5.75 Å². The molecule has 0 saturated carbocycles. The second kappa shape index (κ2) is 7.98. The number of rotatable bonds is 6. The summed E-state index contributed by atoms with van der Waals surface area (Å²) in [6.45, 7) is 2.72. The molecule has 0 aromatic heterocycles. The number of carbonyl (C=O) groups excluding carboxylic acids is 2. The molecule has 0 aliphatic carbocycles. The summed E-state index contributed by atoms with van der Waals surface area (Å²) in [5.74, 6) is -0.199. The third kappa shape index (κ3) is 5.47. The van der Waals surface area contributed by atoms with Crippen molar-refractivity contribution in [2.24, 2.45) is 0 Å². The maximum atomic E-state index is 11.8. The van der Waals surface area contributed by atoms with Gasteiger partial charge in [0, 0.05) is 18.7 Å². The zero-order valence-electron chi connectivity index (χ0n) is 13.0. The Morgan fingerprint density at radius 1 is 0.913 bits per heavy atom. The molecule has 120 valence electrons. The number of phenols is 1. The maximum absolute atomic E-state index is 11.8. The third-order valence-electron chi connectivity index (χ3n) is 3.35. The van der Waals surface area contributed by atoms with E-state index in [4.69, 9.17) is 0 Å². The van der Waals surface area contributed by atoms with E-state index >= 15 is 0 Å². The molecule has 2 amide bonds. The largest absolute Gasteiger partial charge is 0.508 e. The highest BCUT2D eigenvalue weighted by Crippen LogP contribution is 2.09. The summed E-state index contributed by atoms with van der Waals surface area (Å²) in [5.41, 5.74) is 2.58. The predicted octanol–water partition coefficient (Wildman–Crippen LogP) is 1.79. The lowest BCUT2D eigenvalue weighted by atomic mass is 10.1. The summed E-state index contributed by atoms with van der Waals surface area (Å²) in [5, 5.41) is 14.6. The first-order valence-electron chi connectivity index (χ1n) is 7.44. The fourth-order valence-electron chi connectivity index (χ4n) is 2.05. The lowest BCUT2D eigenvalue weighted by Crippen LogP contribution is -2.35. The topological polar surface area (TPSA) is 78.4 Å². The summed E-state index contributed by atoms with van der Waals surface area (Å²) in [7, 11) is 0. The van der Waals surface area contributed by atoms with Gasteiger partial charge in [0.15, 0.2) is 0 Å². The van der Waals surface area contributed by atoms with E-state index in [0.29, 0.717) is 25.1 Å². The summed E-state index contributed by atoms with van der Waals surface area (Å²) >= 11 is 0. The van der Waals surface area contributed by atoms with Crippen molar-refractivity contribution in [3.63, 3.8) is 0 Å². The fourth-order valence-corrected chi connectivity index (χ4v) is 2.05. The summed E-state index contributed by atoms with van der Waals surface area (Å²) in [6.07, 6.45) is 0.326. The number of aryl methyl sites for hydroxylation is 1. The Bertz CT molecular complexity index is 664. The van der Waals surface area contributed by atoms with Crippen molar-refractivity contribution in [1.29, 1.82) is 0 Å². The Kier molecular flexibility index (Phi) is 5.74. The summed E-state index contributed by atoms with van der Waals surface area (Å²) in [6, 6.07) is 13.8. The molecular formula is C18H20N2O3. The normalized spacial score (nSPS) is 10.1. The first kappa shape index (κ1) is 16.5. The number of amides is 2. The molecule has 23 heavy (non-hydrogen) atoms. The van der Waals surface area contributed by atoms with Gasteiger partial charge < -0.3 is 15.7 Å². The minimum Gasteiger partial charge on any atom is -0.508 e. The number of nitrogens with one attached hydrogen (secondary N) is 2. The van der Waals surface area contributed by atoms with E-state index in [0.717, 1.165) is 11.1 Å². The Morgan fingerprint density at radius 2 is 1.52 bits per heavy atom. The molecule has 0 aliphatic rings. The molecule has 0 bridgehead atoms. The van der Waals surface area contributed by atoms with Crippen LogP contribution in [-0.2, 0) is 11.2 Å². The van der Waals surface area contributed by atoms with Crippen molar-refractivity contribution >= 4 is 11.8 Å². The van der Waals surface area contributed by atoms with Crippen LogP contribution < -0.4 is 10.6 Å². The first-order valence-corrected chi connectivity index (χ1v) is 7.44. The van der Waals surface area contributed by atoms with E-state index < -0.39 is 0 Å². The van der Waals surface area contributed by atoms with E-state index in [2.05, 4.69) is 10.6 Å². The van der Waals surface area contributed by atoms with Crippen LogP contribution in [0.2, 0.25) is 0 Å². The van der Waals surface area contributed by atoms with Crippen LogP contribution in [0, 0.1) is 6.92 Å². The van der Waals surface area contributed by atoms with Gasteiger partial charge >= 0.3 is 0 Å². The third-order valence-corrected chi connectivity index (χ3v) is 3.35. The fraction of sp³-hybridized carbons (Fsp3) is 0.222. The van der Waals surface area contributed by atoms with Gasteiger partial charge in [-0.3, -0.25) is 9.59 Å². The van der Waals surface area contributed by atoms with Crippen LogP contribution in [0.5, 0.6) is 5.75 Å². The van der Waals surface area contributed by atoms with Gasteiger partial charge in [-0.25, -0.2) is 0 Å². The van der Waals surface area contributed by atoms with Gasteiger partial charge in [0.2, 0.25) is 5.91 Å². The van der Waals surface area contributed by atoms with E-state index in [1.54, 1.807) is 12.1 Å². The first-order chi connectivity index (χ1) is 11.0. The van der Waals surface area contributed by atoms with Gasteiger partial charge in [-0.05, 0) is 36.8 Å². The molecule has 5 nitrogen and oxygen atoms in total. The van der Waals surface area contributed by atoms with Crippen molar-refractivity contribution in [2.75, 3.05) is 13.1 Å². The van der Waals surface area contributed by atoms with Crippen LogP contribution in [-0.4, -0.2) is 30.0 Å². The highest BCUT2D eigenvalue weighted by atomic mass is 16.3. The summed E-state index contributed by atoms with van der Waals surface area (Å²) < 4.78 is 0. The van der Waals surface area contributed by atoms with Crippen molar-refractivity contribution < 1.29 is 14.7 Å². The van der Waals surface area contributed by atoms with E-state index in [1.165, 1.54) is 12.1 Å². The van der Waals surface area contributed by atoms with Crippen molar-refractivity contribution in [1.82, 2.24) is 10.6 Å². The molecule has 0 saturated heterocycles. The second-order valence-electron chi connectivity index (χ2n) is 5.32. The van der Waals surface area contributed by atoms with Crippen LogP contribution in [0.15, 0.2) is 48.5 Å². The number of hydrogen-bond donors (Lipinski definition) is 3. The Morgan fingerprint density at radius 3 is 2.17 bits per heavy atom. The zero-order valence-corrected chi connectivity index (χ0v) is 13.0. The molecule has 0 atom stereocenters. The number of carbonyl (C=O) groups is 2. The lowest BCUT2D eigenvalue weighted by Gasteiger charge is -2.07. The maximum Gasteiger partial charge on any atom is 0.251 e. The van der Waals surface area contributed by atoms with Gasteiger partial charge in [-0.1, -0.05) is 29.8 Å². The number of aromatic hydroxyl groups is 1. The highest BCUT2D eigenvalue weighted by molar-refractivity contribution is 5.94. The average molecular weight is 312 g/mol. The molecule has 0 aliphatic heterocycles. The average Bonchev–Trinajstić information content (AvgIpc) is 2.54. The second-order valence-corrected chi connectivity index (χ2v) is 5.32. The quantitative estimate of drug-likeness (QED) is 0.712. The standard InChI is InChI=1S/C18H20N2O3/c1-13-2-4-14(5-3-13)12-17(22)19-10-11-20-18(23)15-6-8-16(21)9-7-15/h2-9,21H,10-12H2,1H3,(H,19,22)(H,20,23). The molecular weight excluding hydrogens is 292 g/mol. The molecule has 2 rings (SSSR count). The molecule has 0 fully saturated rings.